The van der Waals surface area contributed by atoms with Crippen LogP contribution in [0.3, 0.4) is 0 Å². The summed E-state index contributed by atoms with van der Waals surface area (Å²) in [5, 5.41) is 13.9. The Balaban J connectivity index is 1.90. The number of aryl methyl sites for hydroxylation is 3. The minimum Gasteiger partial charge on any atom is -0.490 e. The number of aliphatic hydroxyl groups is 1. The fourth-order valence-corrected chi connectivity index (χ4v) is 3.74. The van der Waals surface area contributed by atoms with E-state index in [4.69, 9.17) is 15.0 Å². The van der Waals surface area contributed by atoms with Crippen LogP contribution in [0.4, 0.5) is 0 Å². The van der Waals surface area contributed by atoms with Gasteiger partial charge in [-0.2, -0.15) is 4.98 Å². The van der Waals surface area contributed by atoms with Gasteiger partial charge in [0.2, 0.25) is 5.82 Å². The summed E-state index contributed by atoms with van der Waals surface area (Å²) in [6, 6.07) is 6.10. The fourth-order valence-electron chi connectivity index (χ4n) is 3.74. The van der Waals surface area contributed by atoms with E-state index in [1.165, 1.54) is 5.56 Å². The molecule has 0 aliphatic heterocycles. The molecule has 0 saturated carbocycles. The van der Waals surface area contributed by atoms with E-state index in [2.05, 4.69) is 48.9 Å². The zero-order chi connectivity index (χ0) is 23.3. The quantitative estimate of drug-likeness (QED) is 0.490. The van der Waals surface area contributed by atoms with Crippen molar-refractivity contribution in [2.24, 2.45) is 11.7 Å². The third-order valence-electron chi connectivity index (χ3n) is 5.38. The van der Waals surface area contributed by atoms with Crippen molar-refractivity contribution in [2.75, 3.05) is 13.2 Å². The van der Waals surface area contributed by atoms with Crippen LogP contribution in [-0.2, 0) is 19.3 Å². The van der Waals surface area contributed by atoms with Gasteiger partial charge in [-0.25, -0.2) is 0 Å². The minimum absolute atomic E-state index is 0.162. The second-order valence-electron chi connectivity index (χ2n) is 8.54. The van der Waals surface area contributed by atoms with E-state index in [0.717, 1.165) is 53.0 Å². The number of rotatable bonds is 10. The highest BCUT2D eigenvalue weighted by Crippen LogP contribution is 2.31. The lowest BCUT2D eigenvalue weighted by atomic mass is 9.99. The number of hydrogen-bond donors (Lipinski definition) is 2. The molecule has 0 aliphatic rings. The van der Waals surface area contributed by atoms with E-state index >= 15 is 0 Å². The largest absolute Gasteiger partial charge is 0.490 e. The molecule has 1 atom stereocenters. The molecule has 2 aromatic heterocycles. The lowest BCUT2D eigenvalue weighted by Crippen LogP contribution is -2.27. The lowest BCUT2D eigenvalue weighted by Gasteiger charge is -2.16. The van der Waals surface area contributed by atoms with Gasteiger partial charge < -0.3 is 20.1 Å². The van der Waals surface area contributed by atoms with Gasteiger partial charge in [0.15, 0.2) is 0 Å². The Morgan fingerprint density at radius 3 is 2.50 bits per heavy atom. The van der Waals surface area contributed by atoms with Crippen LogP contribution in [0.1, 0.15) is 50.1 Å². The monoisotopic (exact) mass is 438 g/mol. The first-order chi connectivity index (χ1) is 15.4. The van der Waals surface area contributed by atoms with Crippen molar-refractivity contribution in [3.8, 4) is 28.6 Å². The topological polar surface area (TPSA) is 107 Å². The van der Waals surface area contributed by atoms with Gasteiger partial charge in [0, 0.05) is 24.0 Å². The molecule has 7 nitrogen and oxygen atoms in total. The van der Waals surface area contributed by atoms with Crippen LogP contribution in [0.25, 0.3) is 22.8 Å². The van der Waals surface area contributed by atoms with Crippen LogP contribution in [0.2, 0.25) is 0 Å². The highest BCUT2D eigenvalue weighted by Gasteiger charge is 2.17. The van der Waals surface area contributed by atoms with E-state index < -0.39 is 6.10 Å². The zero-order valence-electron chi connectivity index (χ0n) is 19.7. The maximum atomic E-state index is 9.73. The molecule has 0 bridgehead atoms. The van der Waals surface area contributed by atoms with E-state index in [1.807, 2.05) is 25.3 Å². The molecule has 0 aliphatic carbocycles. The second kappa shape index (κ2) is 10.7. The highest BCUT2D eigenvalue weighted by atomic mass is 16.5. The van der Waals surface area contributed by atoms with Crippen LogP contribution in [0.5, 0.6) is 5.75 Å². The number of benzene rings is 1. The molecule has 0 amide bonds. The first kappa shape index (κ1) is 23.9. The smallest absolute Gasteiger partial charge is 0.259 e. The van der Waals surface area contributed by atoms with Crippen LogP contribution in [-0.4, -0.2) is 39.5 Å². The lowest BCUT2D eigenvalue weighted by molar-refractivity contribution is 0.113. The summed E-state index contributed by atoms with van der Waals surface area (Å²) < 4.78 is 11.4. The third-order valence-corrected chi connectivity index (χ3v) is 5.38. The highest BCUT2D eigenvalue weighted by molar-refractivity contribution is 5.64. The summed E-state index contributed by atoms with van der Waals surface area (Å²) in [5.74, 6) is 2.29. The van der Waals surface area contributed by atoms with Gasteiger partial charge in [-0.3, -0.25) is 4.98 Å². The fraction of sp³-hybridized carbons (Fsp3) is 0.480. The van der Waals surface area contributed by atoms with Crippen LogP contribution >= 0.6 is 0 Å². The van der Waals surface area contributed by atoms with Crippen LogP contribution in [0, 0.1) is 12.8 Å². The van der Waals surface area contributed by atoms with Gasteiger partial charge in [-0.05, 0) is 67.0 Å². The Labute approximate surface area is 190 Å². The molecular weight excluding hydrogens is 404 g/mol. The van der Waals surface area contributed by atoms with Gasteiger partial charge in [-0.15, -0.1) is 0 Å². The van der Waals surface area contributed by atoms with Crippen molar-refractivity contribution < 1.29 is 14.4 Å². The van der Waals surface area contributed by atoms with Gasteiger partial charge in [0.1, 0.15) is 18.5 Å². The number of ether oxygens (including phenoxy) is 1. The standard InChI is InChI=1S/C25H34N4O3/c1-6-17-10-19(9-16(5)23(17)31-14-21(30)12-26)24-28-25(32-29-24)20-11-18(8-15(3)4)22(7-2)27-13-20/h9-11,13,15,21,30H,6-8,12,14,26H2,1-5H3/t21-/m0/s1. The van der Waals surface area contributed by atoms with Crippen molar-refractivity contribution in [3.63, 3.8) is 0 Å². The predicted octanol–water partition coefficient (Wildman–Crippen LogP) is 4.13. The normalized spacial score (nSPS) is 12.4. The van der Waals surface area contributed by atoms with Crippen molar-refractivity contribution >= 4 is 0 Å². The Hall–Kier alpha value is -2.77. The maximum Gasteiger partial charge on any atom is 0.259 e. The average molecular weight is 439 g/mol. The number of hydrogen-bond acceptors (Lipinski definition) is 7. The average Bonchev–Trinajstić information content (AvgIpc) is 3.27. The van der Waals surface area contributed by atoms with Gasteiger partial charge in [0.25, 0.3) is 5.89 Å². The molecule has 2 heterocycles. The predicted molar refractivity (Wildman–Crippen MR) is 126 cm³/mol. The molecule has 1 aromatic carbocycles. The summed E-state index contributed by atoms with van der Waals surface area (Å²) in [4.78, 5) is 9.27. The molecule has 172 valence electrons. The summed E-state index contributed by atoms with van der Waals surface area (Å²) in [5.41, 5.74) is 11.5. The van der Waals surface area contributed by atoms with Crippen molar-refractivity contribution in [1.82, 2.24) is 15.1 Å². The van der Waals surface area contributed by atoms with Crippen molar-refractivity contribution in [3.05, 3.63) is 46.8 Å². The second-order valence-corrected chi connectivity index (χ2v) is 8.54. The Bertz CT molecular complexity index is 1050. The van der Waals surface area contributed by atoms with Crippen molar-refractivity contribution in [1.29, 1.82) is 0 Å². The molecule has 32 heavy (non-hydrogen) atoms. The van der Waals surface area contributed by atoms with Crippen LogP contribution in [0.15, 0.2) is 28.9 Å². The van der Waals surface area contributed by atoms with E-state index in [1.54, 1.807) is 0 Å². The first-order valence-corrected chi connectivity index (χ1v) is 11.3. The van der Waals surface area contributed by atoms with Crippen LogP contribution < -0.4 is 10.5 Å². The molecule has 3 N–H and O–H groups in total. The number of nitrogens with zero attached hydrogens (tertiary/aromatic N) is 3. The summed E-state index contributed by atoms with van der Waals surface area (Å²) in [6.07, 6.45) is 3.75. The first-order valence-electron chi connectivity index (χ1n) is 11.3. The summed E-state index contributed by atoms with van der Waals surface area (Å²) in [7, 11) is 0. The molecule has 0 unspecified atom stereocenters. The molecule has 3 rings (SSSR count). The molecule has 0 saturated heterocycles. The third kappa shape index (κ3) is 5.53. The Morgan fingerprint density at radius 1 is 1.09 bits per heavy atom. The van der Waals surface area contributed by atoms with Gasteiger partial charge >= 0.3 is 0 Å². The van der Waals surface area contributed by atoms with E-state index in [-0.39, 0.29) is 13.2 Å². The molecule has 0 spiro atoms. The molecule has 0 fully saturated rings. The SMILES string of the molecule is CCc1cc(-c2noc(-c3cnc(CC)c(CC(C)C)c3)n2)cc(C)c1OC[C@@H](O)CN. The van der Waals surface area contributed by atoms with Gasteiger partial charge in [-0.1, -0.05) is 32.9 Å². The number of nitrogens with two attached hydrogens (primary N) is 1. The molecule has 3 aromatic rings. The Kier molecular flexibility index (Phi) is 7.99. The van der Waals surface area contributed by atoms with Crippen molar-refractivity contribution in [2.45, 2.75) is 60.0 Å². The summed E-state index contributed by atoms with van der Waals surface area (Å²) >= 11 is 0. The number of aromatic nitrogens is 3. The van der Waals surface area contributed by atoms with Gasteiger partial charge in [0.05, 0.1) is 5.56 Å². The molecular formula is C25H34N4O3. The maximum absolute atomic E-state index is 9.73. The number of pyridine rings is 1. The Morgan fingerprint density at radius 2 is 1.84 bits per heavy atom. The number of aliphatic hydroxyl groups excluding tert-OH is 1. The minimum atomic E-state index is -0.688. The zero-order valence-corrected chi connectivity index (χ0v) is 19.7. The van der Waals surface area contributed by atoms with E-state index in [0.29, 0.717) is 17.6 Å². The molecule has 7 heteroatoms. The summed E-state index contributed by atoms with van der Waals surface area (Å²) in [6.45, 7) is 10.9. The molecule has 0 radical (unpaired) electrons. The van der Waals surface area contributed by atoms with E-state index in [9.17, 15) is 5.11 Å².